The second-order valence-corrected chi connectivity index (χ2v) is 6.83. The zero-order chi connectivity index (χ0) is 15.1. The third-order valence-electron chi connectivity index (χ3n) is 5.04. The van der Waals surface area contributed by atoms with Gasteiger partial charge in [-0.25, -0.2) is 0 Å². The van der Waals surface area contributed by atoms with Gasteiger partial charge in [-0.2, -0.15) is 0 Å². The lowest BCUT2D eigenvalue weighted by Gasteiger charge is -2.23. The van der Waals surface area contributed by atoms with Crippen LogP contribution in [0.25, 0.3) is 0 Å². The van der Waals surface area contributed by atoms with Crippen LogP contribution in [0.5, 0.6) is 0 Å². The summed E-state index contributed by atoms with van der Waals surface area (Å²) in [7, 11) is 0. The van der Waals surface area contributed by atoms with Crippen molar-refractivity contribution < 1.29 is 0 Å². The molecular weight excluding hydrogens is 256 g/mol. The molecule has 0 fully saturated rings. The summed E-state index contributed by atoms with van der Waals surface area (Å²) in [4.78, 5) is 2.65. The fourth-order valence-corrected chi connectivity index (χ4v) is 3.54. The number of nitrogens with zero attached hydrogens (tertiary/aromatic N) is 1. The molecule has 1 aliphatic heterocycles. The van der Waals surface area contributed by atoms with Crippen LogP contribution in [-0.4, -0.2) is 31.1 Å². The van der Waals surface area contributed by atoms with Gasteiger partial charge in [-0.1, -0.05) is 38.1 Å². The number of rotatable bonds is 7. The molecule has 1 heterocycles. The highest BCUT2D eigenvalue weighted by Gasteiger charge is 2.15. The van der Waals surface area contributed by atoms with Gasteiger partial charge in [0.2, 0.25) is 0 Å². The molecule has 2 heteroatoms. The molecule has 2 nitrogen and oxygen atoms in total. The first kappa shape index (κ1) is 16.5. The van der Waals surface area contributed by atoms with Gasteiger partial charge in [0.15, 0.2) is 0 Å². The van der Waals surface area contributed by atoms with Crippen molar-refractivity contribution in [1.82, 2.24) is 4.90 Å². The second kappa shape index (κ2) is 8.55. The number of nitrogens with two attached hydrogens (primary N) is 1. The van der Waals surface area contributed by atoms with Crippen LogP contribution in [0.3, 0.4) is 0 Å². The van der Waals surface area contributed by atoms with Gasteiger partial charge in [0.25, 0.3) is 0 Å². The van der Waals surface area contributed by atoms with Gasteiger partial charge in [0, 0.05) is 13.1 Å². The molecule has 0 radical (unpaired) electrons. The smallest absolute Gasteiger partial charge is 0.00221 e. The molecular formula is C19H32N2. The maximum Gasteiger partial charge on any atom is 0.00221 e. The molecule has 118 valence electrons. The summed E-state index contributed by atoms with van der Waals surface area (Å²) < 4.78 is 0. The first-order valence-electron chi connectivity index (χ1n) is 8.70. The lowest BCUT2D eigenvalue weighted by molar-refractivity contribution is 0.256. The predicted octanol–water partition coefficient (Wildman–Crippen LogP) is 3.49. The summed E-state index contributed by atoms with van der Waals surface area (Å²) in [6, 6.07) is 8.95. The van der Waals surface area contributed by atoms with E-state index in [-0.39, 0.29) is 0 Å². The molecule has 1 aromatic carbocycles. The van der Waals surface area contributed by atoms with Crippen molar-refractivity contribution in [2.24, 2.45) is 17.6 Å². The average molecular weight is 288 g/mol. The summed E-state index contributed by atoms with van der Waals surface area (Å²) in [5.41, 5.74) is 8.86. The lowest BCUT2D eigenvalue weighted by atomic mass is 9.88. The molecule has 21 heavy (non-hydrogen) atoms. The Morgan fingerprint density at radius 3 is 2.19 bits per heavy atom. The van der Waals surface area contributed by atoms with E-state index in [1.807, 2.05) is 0 Å². The summed E-state index contributed by atoms with van der Waals surface area (Å²) in [6.45, 7) is 9.20. The first-order chi connectivity index (χ1) is 10.2. The average Bonchev–Trinajstić information content (AvgIpc) is 2.69. The SMILES string of the molecule is CC(C)C(CCN)CCCN1CCc2ccccc2CC1. The van der Waals surface area contributed by atoms with Gasteiger partial charge in [-0.05, 0) is 68.2 Å². The Balaban J connectivity index is 1.75. The van der Waals surface area contributed by atoms with Crippen molar-refractivity contribution >= 4 is 0 Å². The Labute approximate surface area is 130 Å². The van der Waals surface area contributed by atoms with Crippen LogP contribution in [0.4, 0.5) is 0 Å². The van der Waals surface area contributed by atoms with E-state index < -0.39 is 0 Å². The first-order valence-corrected chi connectivity index (χ1v) is 8.70. The van der Waals surface area contributed by atoms with E-state index in [0.717, 1.165) is 18.4 Å². The third-order valence-corrected chi connectivity index (χ3v) is 5.04. The minimum absolute atomic E-state index is 0.766. The van der Waals surface area contributed by atoms with Crippen molar-refractivity contribution in [3.63, 3.8) is 0 Å². The van der Waals surface area contributed by atoms with Crippen LogP contribution >= 0.6 is 0 Å². The number of hydrogen-bond donors (Lipinski definition) is 1. The minimum atomic E-state index is 0.766. The summed E-state index contributed by atoms with van der Waals surface area (Å²) in [5.74, 6) is 1.57. The zero-order valence-electron chi connectivity index (χ0n) is 13.9. The highest BCUT2D eigenvalue weighted by Crippen LogP contribution is 2.21. The molecule has 1 aliphatic rings. The largest absolute Gasteiger partial charge is 0.330 e. The van der Waals surface area contributed by atoms with Crippen molar-refractivity contribution in [2.45, 2.75) is 46.0 Å². The van der Waals surface area contributed by atoms with E-state index in [4.69, 9.17) is 5.73 Å². The fraction of sp³-hybridized carbons (Fsp3) is 0.684. The van der Waals surface area contributed by atoms with Crippen LogP contribution in [-0.2, 0) is 12.8 Å². The maximum absolute atomic E-state index is 5.74. The Bertz CT molecular complexity index is 387. The van der Waals surface area contributed by atoms with Crippen molar-refractivity contribution in [3.05, 3.63) is 35.4 Å². The summed E-state index contributed by atoms with van der Waals surface area (Å²) in [6.07, 6.45) is 6.26. The van der Waals surface area contributed by atoms with Crippen LogP contribution in [0.15, 0.2) is 24.3 Å². The highest BCUT2D eigenvalue weighted by molar-refractivity contribution is 5.28. The Kier molecular flexibility index (Phi) is 6.72. The zero-order valence-corrected chi connectivity index (χ0v) is 13.9. The normalized spacial score (nSPS) is 17.5. The molecule has 1 aromatic rings. The molecule has 0 saturated carbocycles. The van der Waals surface area contributed by atoms with E-state index in [9.17, 15) is 0 Å². The minimum Gasteiger partial charge on any atom is -0.330 e. The molecule has 1 unspecified atom stereocenters. The predicted molar refractivity (Wildman–Crippen MR) is 91.5 cm³/mol. The Hall–Kier alpha value is -0.860. The third kappa shape index (κ3) is 5.12. The van der Waals surface area contributed by atoms with Gasteiger partial charge in [0.1, 0.15) is 0 Å². The second-order valence-electron chi connectivity index (χ2n) is 6.83. The van der Waals surface area contributed by atoms with E-state index >= 15 is 0 Å². The van der Waals surface area contributed by atoms with Gasteiger partial charge in [0.05, 0.1) is 0 Å². The van der Waals surface area contributed by atoms with E-state index in [1.165, 1.54) is 51.7 Å². The fourth-order valence-electron chi connectivity index (χ4n) is 3.54. The van der Waals surface area contributed by atoms with Gasteiger partial charge < -0.3 is 10.6 Å². The monoisotopic (exact) mass is 288 g/mol. The van der Waals surface area contributed by atoms with Crippen LogP contribution < -0.4 is 5.73 Å². The number of fused-ring (bicyclic) bond motifs is 1. The molecule has 2 N–H and O–H groups in total. The van der Waals surface area contributed by atoms with Gasteiger partial charge >= 0.3 is 0 Å². The summed E-state index contributed by atoms with van der Waals surface area (Å²) in [5, 5.41) is 0. The number of hydrogen-bond acceptors (Lipinski definition) is 2. The molecule has 0 aromatic heterocycles. The molecule has 1 atom stereocenters. The van der Waals surface area contributed by atoms with Gasteiger partial charge in [-0.3, -0.25) is 0 Å². The van der Waals surface area contributed by atoms with Crippen molar-refractivity contribution in [2.75, 3.05) is 26.2 Å². The summed E-state index contributed by atoms with van der Waals surface area (Å²) >= 11 is 0. The molecule has 0 amide bonds. The molecule has 0 saturated heterocycles. The molecule has 0 aliphatic carbocycles. The van der Waals surface area contributed by atoms with Crippen molar-refractivity contribution in [3.8, 4) is 0 Å². The highest BCUT2D eigenvalue weighted by atomic mass is 15.1. The Morgan fingerprint density at radius 1 is 1.05 bits per heavy atom. The topological polar surface area (TPSA) is 29.3 Å². The Morgan fingerprint density at radius 2 is 1.67 bits per heavy atom. The molecule has 0 bridgehead atoms. The van der Waals surface area contributed by atoms with E-state index in [1.54, 1.807) is 11.1 Å². The van der Waals surface area contributed by atoms with Crippen LogP contribution in [0.2, 0.25) is 0 Å². The standard InChI is InChI=1S/C19H32N2/c1-16(2)17(9-12-20)8-5-13-21-14-10-18-6-3-4-7-19(18)11-15-21/h3-4,6-7,16-17H,5,8-15,20H2,1-2H3. The quantitative estimate of drug-likeness (QED) is 0.832. The van der Waals surface area contributed by atoms with Gasteiger partial charge in [-0.15, -0.1) is 0 Å². The lowest BCUT2D eigenvalue weighted by Crippen LogP contribution is -2.28. The maximum atomic E-state index is 5.74. The molecule has 0 spiro atoms. The van der Waals surface area contributed by atoms with Crippen LogP contribution in [0.1, 0.15) is 44.2 Å². The molecule has 2 rings (SSSR count). The van der Waals surface area contributed by atoms with Crippen molar-refractivity contribution in [1.29, 1.82) is 0 Å². The van der Waals surface area contributed by atoms with E-state index in [0.29, 0.717) is 0 Å². The van der Waals surface area contributed by atoms with Crippen LogP contribution in [0, 0.1) is 11.8 Å². The number of benzene rings is 1. The van der Waals surface area contributed by atoms with E-state index in [2.05, 4.69) is 43.0 Å².